The van der Waals surface area contributed by atoms with Crippen molar-refractivity contribution < 1.29 is 13.9 Å². The van der Waals surface area contributed by atoms with Crippen LogP contribution in [0.2, 0.25) is 0 Å². The number of amides is 1. The Hall–Kier alpha value is -3.94. The van der Waals surface area contributed by atoms with Gasteiger partial charge >= 0.3 is 5.69 Å². The molecule has 2 heterocycles. The van der Waals surface area contributed by atoms with Gasteiger partial charge in [0.2, 0.25) is 5.91 Å². The van der Waals surface area contributed by atoms with Crippen LogP contribution in [0, 0.1) is 5.82 Å². The lowest BCUT2D eigenvalue weighted by molar-refractivity contribution is -0.116. The first kappa shape index (κ1) is 19.4. The van der Waals surface area contributed by atoms with Gasteiger partial charge < -0.3 is 10.1 Å². The number of hydrogen-bond acceptors (Lipinski definition) is 4. The molecule has 0 fully saturated rings. The Morgan fingerprint density at radius 3 is 2.63 bits per heavy atom. The second-order valence-corrected chi connectivity index (χ2v) is 6.50. The van der Waals surface area contributed by atoms with Gasteiger partial charge in [-0.15, -0.1) is 0 Å². The number of benzene rings is 2. The Kier molecular flexibility index (Phi) is 5.30. The van der Waals surface area contributed by atoms with E-state index in [0.29, 0.717) is 34.9 Å². The van der Waals surface area contributed by atoms with E-state index in [4.69, 9.17) is 4.74 Å². The number of carbonyl (C=O) groups excluding carboxylic acids is 1. The highest BCUT2D eigenvalue weighted by Gasteiger charge is 2.18. The zero-order valence-corrected chi connectivity index (χ0v) is 16.2. The Morgan fingerprint density at radius 1 is 1.10 bits per heavy atom. The van der Waals surface area contributed by atoms with Crippen LogP contribution in [0.4, 0.5) is 10.1 Å². The molecule has 0 atom stereocenters. The molecule has 0 spiro atoms. The maximum absolute atomic E-state index is 13.3. The Bertz CT molecular complexity index is 1260. The topological polar surface area (TPSA) is 78.1 Å². The second-order valence-electron chi connectivity index (χ2n) is 6.50. The van der Waals surface area contributed by atoms with Crippen LogP contribution < -0.4 is 15.7 Å². The highest BCUT2D eigenvalue weighted by Crippen LogP contribution is 2.24. The third kappa shape index (κ3) is 3.67. The average molecular weight is 406 g/mol. The Labute approximate surface area is 171 Å². The smallest absolute Gasteiger partial charge is 0.335 e. The third-order valence-electron chi connectivity index (χ3n) is 4.54. The molecule has 0 aliphatic carbocycles. The fourth-order valence-electron chi connectivity index (χ4n) is 3.25. The van der Waals surface area contributed by atoms with Crippen LogP contribution in [0.5, 0.6) is 5.75 Å². The van der Waals surface area contributed by atoms with Crippen LogP contribution in [0.3, 0.4) is 0 Å². The predicted molar refractivity (Wildman–Crippen MR) is 112 cm³/mol. The molecular formula is C22H19FN4O3. The van der Waals surface area contributed by atoms with Crippen molar-refractivity contribution in [1.82, 2.24) is 14.1 Å². The normalized spacial score (nSPS) is 10.9. The lowest BCUT2D eigenvalue weighted by Crippen LogP contribution is -2.29. The first-order chi connectivity index (χ1) is 14.6. The average Bonchev–Trinajstić information content (AvgIpc) is 3.02. The lowest BCUT2D eigenvalue weighted by Gasteiger charge is -2.11. The minimum Gasteiger partial charge on any atom is -0.492 e. The number of hydrogen-bond donors (Lipinski definition) is 1. The molecule has 0 bridgehead atoms. The number of anilines is 1. The predicted octanol–water partition coefficient (Wildman–Crippen LogP) is 3.36. The van der Waals surface area contributed by atoms with Gasteiger partial charge in [-0.05, 0) is 55.5 Å². The minimum absolute atomic E-state index is 0.213. The number of halogens is 1. The molecule has 30 heavy (non-hydrogen) atoms. The zero-order valence-electron chi connectivity index (χ0n) is 16.2. The molecule has 4 rings (SSSR count). The molecule has 1 N–H and O–H groups in total. The molecule has 4 aromatic rings. The highest BCUT2D eigenvalue weighted by atomic mass is 19.1. The van der Waals surface area contributed by atoms with E-state index in [1.54, 1.807) is 36.5 Å². The monoisotopic (exact) mass is 406 g/mol. The summed E-state index contributed by atoms with van der Waals surface area (Å²) in [7, 11) is 0. The van der Waals surface area contributed by atoms with Crippen LogP contribution >= 0.6 is 0 Å². The van der Waals surface area contributed by atoms with E-state index in [0.717, 1.165) is 0 Å². The summed E-state index contributed by atoms with van der Waals surface area (Å²) in [5.41, 5.74) is 1.43. The number of nitrogens with zero attached hydrogens (tertiary/aromatic N) is 3. The van der Waals surface area contributed by atoms with Gasteiger partial charge in [0.25, 0.3) is 0 Å². The van der Waals surface area contributed by atoms with Gasteiger partial charge in [0.05, 0.1) is 23.5 Å². The third-order valence-corrected chi connectivity index (χ3v) is 4.54. The van der Waals surface area contributed by atoms with E-state index < -0.39 is 11.5 Å². The van der Waals surface area contributed by atoms with Crippen LogP contribution in [0.15, 0.2) is 71.7 Å². The Morgan fingerprint density at radius 2 is 1.87 bits per heavy atom. The van der Waals surface area contributed by atoms with Crippen molar-refractivity contribution in [1.29, 1.82) is 0 Å². The van der Waals surface area contributed by atoms with E-state index in [1.807, 2.05) is 13.0 Å². The zero-order chi connectivity index (χ0) is 21.1. The number of rotatable bonds is 6. The maximum atomic E-state index is 13.3. The van der Waals surface area contributed by atoms with Crippen molar-refractivity contribution in [3.8, 4) is 11.4 Å². The largest absolute Gasteiger partial charge is 0.492 e. The van der Waals surface area contributed by atoms with Crippen LogP contribution in [0.25, 0.3) is 16.9 Å². The molecule has 0 unspecified atom stereocenters. The van der Waals surface area contributed by atoms with Crippen molar-refractivity contribution >= 4 is 22.8 Å². The molecule has 2 aromatic heterocycles. The number of nitrogens with one attached hydrogen (secondary N) is 1. The number of imidazole rings is 1. The van der Waals surface area contributed by atoms with Gasteiger partial charge in [0.15, 0.2) is 5.65 Å². The summed E-state index contributed by atoms with van der Waals surface area (Å²) in [6.45, 7) is 2.11. The van der Waals surface area contributed by atoms with Gasteiger partial charge in [0, 0.05) is 6.20 Å². The van der Waals surface area contributed by atoms with Gasteiger partial charge in [0.1, 0.15) is 18.1 Å². The molecule has 0 aliphatic rings. The van der Waals surface area contributed by atoms with Gasteiger partial charge in [-0.1, -0.05) is 12.1 Å². The number of fused-ring (bicyclic) bond motifs is 1. The van der Waals surface area contributed by atoms with Crippen molar-refractivity contribution in [3.63, 3.8) is 0 Å². The maximum Gasteiger partial charge on any atom is 0.335 e. The summed E-state index contributed by atoms with van der Waals surface area (Å²) in [6, 6.07) is 16.0. The molecule has 8 heteroatoms. The Balaban J connectivity index is 1.70. The quantitative estimate of drug-likeness (QED) is 0.533. The van der Waals surface area contributed by atoms with E-state index in [1.165, 1.54) is 33.4 Å². The number of para-hydroxylation sites is 2. The van der Waals surface area contributed by atoms with E-state index in [-0.39, 0.29) is 12.5 Å². The van der Waals surface area contributed by atoms with Gasteiger partial charge in [-0.3, -0.25) is 9.36 Å². The standard InChI is InChI=1S/C22H19FN4O3/c1-2-30-19-8-4-3-6-17(19)25-20(28)14-26-18-7-5-13-24-21(18)27(22(26)29)16-11-9-15(23)10-12-16/h3-13H,2,14H2,1H3,(H,25,28). The van der Waals surface area contributed by atoms with Gasteiger partial charge in [-0.25, -0.2) is 18.7 Å². The lowest BCUT2D eigenvalue weighted by atomic mass is 10.3. The summed E-state index contributed by atoms with van der Waals surface area (Å²) in [6.07, 6.45) is 1.56. The van der Waals surface area contributed by atoms with Crippen molar-refractivity contribution in [2.24, 2.45) is 0 Å². The first-order valence-corrected chi connectivity index (χ1v) is 9.42. The van der Waals surface area contributed by atoms with Crippen LogP contribution in [0.1, 0.15) is 6.92 Å². The molecule has 0 saturated carbocycles. The fourth-order valence-corrected chi connectivity index (χ4v) is 3.25. The number of aromatic nitrogens is 3. The summed E-state index contributed by atoms with van der Waals surface area (Å²) < 4.78 is 21.5. The molecule has 2 aromatic carbocycles. The van der Waals surface area contributed by atoms with E-state index in [2.05, 4.69) is 10.3 Å². The summed E-state index contributed by atoms with van der Waals surface area (Å²) in [5.74, 6) is -0.238. The highest BCUT2D eigenvalue weighted by molar-refractivity contribution is 5.93. The molecule has 0 aliphatic heterocycles. The van der Waals surface area contributed by atoms with Crippen molar-refractivity contribution in [2.75, 3.05) is 11.9 Å². The number of pyridine rings is 1. The van der Waals surface area contributed by atoms with E-state index in [9.17, 15) is 14.0 Å². The van der Waals surface area contributed by atoms with Crippen molar-refractivity contribution in [3.05, 3.63) is 83.2 Å². The molecule has 0 radical (unpaired) electrons. The van der Waals surface area contributed by atoms with Crippen LogP contribution in [-0.2, 0) is 11.3 Å². The minimum atomic E-state index is -0.441. The summed E-state index contributed by atoms with van der Waals surface area (Å²) in [4.78, 5) is 30.1. The summed E-state index contributed by atoms with van der Waals surface area (Å²) >= 11 is 0. The summed E-state index contributed by atoms with van der Waals surface area (Å²) in [5, 5.41) is 2.79. The van der Waals surface area contributed by atoms with Crippen molar-refractivity contribution in [2.45, 2.75) is 13.5 Å². The number of carbonyl (C=O) groups is 1. The molecule has 7 nitrogen and oxygen atoms in total. The van der Waals surface area contributed by atoms with Crippen LogP contribution in [-0.4, -0.2) is 26.6 Å². The SMILES string of the molecule is CCOc1ccccc1NC(=O)Cn1c(=O)n(-c2ccc(F)cc2)c2ncccc21. The molecule has 152 valence electrons. The van der Waals surface area contributed by atoms with E-state index >= 15 is 0 Å². The second kappa shape index (κ2) is 8.20. The van der Waals surface area contributed by atoms with Gasteiger partial charge in [-0.2, -0.15) is 0 Å². The fraction of sp³-hybridized carbons (Fsp3) is 0.136. The number of ether oxygens (including phenoxy) is 1. The first-order valence-electron chi connectivity index (χ1n) is 9.42. The molecule has 0 saturated heterocycles. The molecular weight excluding hydrogens is 387 g/mol. The molecule has 1 amide bonds.